The van der Waals surface area contributed by atoms with Crippen LogP contribution in [0.25, 0.3) is 10.8 Å². The fourth-order valence-corrected chi connectivity index (χ4v) is 7.80. The molecule has 1 heterocycles. The number of nitrogens with zero attached hydrogens (tertiary/aromatic N) is 2. The summed E-state index contributed by atoms with van der Waals surface area (Å²) in [5, 5.41) is 8.47. The molecule has 43 heavy (non-hydrogen) atoms. The van der Waals surface area contributed by atoms with E-state index in [0.717, 1.165) is 66.8 Å². The van der Waals surface area contributed by atoms with E-state index in [2.05, 4.69) is 53.1 Å². The SMILES string of the molecule is CN(C)C(=O)C1CC2(CCN(C(=O)C(Cc3cccc4ccccc34)NC(=O)NC3CCCCC3)CC2)c2ccccc21. The number of urea groups is 1. The van der Waals surface area contributed by atoms with Crippen molar-refractivity contribution >= 4 is 28.6 Å². The molecule has 2 unspecified atom stereocenters. The molecule has 7 nitrogen and oxygen atoms in total. The molecule has 1 saturated carbocycles. The first-order valence-electron chi connectivity index (χ1n) is 16.0. The largest absolute Gasteiger partial charge is 0.348 e. The lowest BCUT2D eigenvalue weighted by Crippen LogP contribution is -2.56. The number of hydrogen-bond donors (Lipinski definition) is 2. The van der Waals surface area contributed by atoms with Gasteiger partial charge in [0.15, 0.2) is 0 Å². The Kier molecular flexibility index (Phi) is 8.42. The van der Waals surface area contributed by atoms with Gasteiger partial charge in [0.05, 0.1) is 5.92 Å². The average molecular weight is 581 g/mol. The van der Waals surface area contributed by atoms with Crippen LogP contribution in [0.15, 0.2) is 66.7 Å². The molecule has 0 aromatic heterocycles. The van der Waals surface area contributed by atoms with Crippen LogP contribution in [0.5, 0.6) is 0 Å². The molecule has 3 aromatic carbocycles. The summed E-state index contributed by atoms with van der Waals surface area (Å²) in [6.45, 7) is 1.21. The molecule has 1 aliphatic heterocycles. The van der Waals surface area contributed by atoms with Gasteiger partial charge in [-0.05, 0) is 59.6 Å². The van der Waals surface area contributed by atoms with E-state index in [9.17, 15) is 14.4 Å². The van der Waals surface area contributed by atoms with Gasteiger partial charge in [0.1, 0.15) is 6.04 Å². The summed E-state index contributed by atoms with van der Waals surface area (Å²) >= 11 is 0. The molecule has 1 saturated heterocycles. The first-order chi connectivity index (χ1) is 20.8. The summed E-state index contributed by atoms with van der Waals surface area (Å²) in [5.74, 6) is -0.0300. The molecule has 7 heteroatoms. The maximum Gasteiger partial charge on any atom is 0.315 e. The molecule has 2 fully saturated rings. The maximum atomic E-state index is 14.2. The van der Waals surface area contributed by atoms with Crippen LogP contribution >= 0.6 is 0 Å². The number of piperidine rings is 1. The van der Waals surface area contributed by atoms with Crippen LogP contribution in [-0.4, -0.2) is 66.9 Å². The Labute approximate surface area is 255 Å². The second-order valence-corrected chi connectivity index (χ2v) is 13.0. The Morgan fingerprint density at radius 1 is 0.907 bits per heavy atom. The lowest BCUT2D eigenvalue weighted by Gasteiger charge is -2.41. The standard InChI is InChI=1S/C36H44N4O3/c1-39(2)33(41)30-24-36(31-18-9-8-17-29(30)31)19-21-40(22-20-36)34(42)32(38-35(43)37-27-14-4-3-5-15-27)23-26-13-10-12-25-11-6-7-16-28(25)26/h6-13,16-18,27,30,32H,3-5,14-15,19-24H2,1-2H3,(H2,37,38,43). The van der Waals surface area contributed by atoms with E-state index in [1.807, 2.05) is 43.3 Å². The Balaban J connectivity index is 1.20. The zero-order valence-corrected chi connectivity index (χ0v) is 25.5. The molecule has 2 N–H and O–H groups in total. The molecular weight excluding hydrogens is 536 g/mol. The quantitative estimate of drug-likeness (QED) is 0.403. The monoisotopic (exact) mass is 580 g/mol. The van der Waals surface area contributed by atoms with Crippen LogP contribution in [0.4, 0.5) is 4.79 Å². The van der Waals surface area contributed by atoms with E-state index in [-0.39, 0.29) is 35.2 Å². The molecule has 1 spiro atoms. The minimum Gasteiger partial charge on any atom is -0.348 e. The zero-order chi connectivity index (χ0) is 30.0. The van der Waals surface area contributed by atoms with Gasteiger partial charge in [-0.1, -0.05) is 86.0 Å². The Hall–Kier alpha value is -3.87. The third-order valence-corrected chi connectivity index (χ3v) is 10.1. The van der Waals surface area contributed by atoms with Crippen molar-refractivity contribution < 1.29 is 14.4 Å². The topological polar surface area (TPSA) is 81.8 Å². The molecular formula is C36H44N4O3. The molecule has 3 aliphatic rings. The fraction of sp³-hybridized carbons (Fsp3) is 0.472. The first-order valence-corrected chi connectivity index (χ1v) is 16.0. The highest BCUT2D eigenvalue weighted by atomic mass is 16.2. The van der Waals surface area contributed by atoms with E-state index in [1.54, 1.807) is 4.90 Å². The number of amides is 4. The summed E-state index contributed by atoms with van der Waals surface area (Å²) in [6.07, 6.45) is 8.28. The van der Waals surface area contributed by atoms with E-state index >= 15 is 0 Å². The number of fused-ring (bicyclic) bond motifs is 3. The summed E-state index contributed by atoms with van der Waals surface area (Å²) in [4.78, 5) is 44.2. The predicted molar refractivity (Wildman–Crippen MR) is 170 cm³/mol. The highest BCUT2D eigenvalue weighted by Crippen LogP contribution is 2.52. The van der Waals surface area contributed by atoms with Gasteiger partial charge in [-0.2, -0.15) is 0 Å². The molecule has 226 valence electrons. The minimum atomic E-state index is -0.664. The van der Waals surface area contributed by atoms with Crippen molar-refractivity contribution in [1.29, 1.82) is 0 Å². The van der Waals surface area contributed by atoms with Gasteiger partial charge >= 0.3 is 6.03 Å². The van der Waals surface area contributed by atoms with Crippen molar-refractivity contribution in [3.63, 3.8) is 0 Å². The number of hydrogen-bond acceptors (Lipinski definition) is 3. The van der Waals surface area contributed by atoms with Crippen LogP contribution in [0.3, 0.4) is 0 Å². The summed E-state index contributed by atoms with van der Waals surface area (Å²) in [5.41, 5.74) is 3.34. The second-order valence-electron chi connectivity index (χ2n) is 13.0. The van der Waals surface area contributed by atoms with Crippen molar-refractivity contribution in [3.8, 4) is 0 Å². The highest BCUT2D eigenvalue weighted by molar-refractivity contribution is 5.90. The smallest absolute Gasteiger partial charge is 0.315 e. The van der Waals surface area contributed by atoms with Gasteiger partial charge in [-0.15, -0.1) is 0 Å². The Bertz CT molecular complexity index is 1480. The number of benzene rings is 3. The minimum absolute atomic E-state index is 0.0335. The van der Waals surface area contributed by atoms with Crippen molar-refractivity contribution in [3.05, 3.63) is 83.4 Å². The molecule has 2 aliphatic carbocycles. The van der Waals surface area contributed by atoms with Gasteiger partial charge < -0.3 is 20.4 Å². The fourth-order valence-electron chi connectivity index (χ4n) is 7.80. The molecule has 6 rings (SSSR count). The lowest BCUT2D eigenvalue weighted by molar-refractivity contribution is -0.135. The summed E-state index contributed by atoms with van der Waals surface area (Å²) in [7, 11) is 3.65. The molecule has 3 aromatic rings. The van der Waals surface area contributed by atoms with E-state index < -0.39 is 6.04 Å². The van der Waals surface area contributed by atoms with Crippen LogP contribution in [0.2, 0.25) is 0 Å². The van der Waals surface area contributed by atoms with Crippen LogP contribution in [0, 0.1) is 0 Å². The Morgan fingerprint density at radius 3 is 2.37 bits per heavy atom. The first kappa shape index (κ1) is 29.2. The maximum absolute atomic E-state index is 14.2. The Morgan fingerprint density at radius 2 is 1.60 bits per heavy atom. The van der Waals surface area contributed by atoms with Crippen molar-refractivity contribution in [1.82, 2.24) is 20.4 Å². The van der Waals surface area contributed by atoms with Gasteiger partial charge in [0.2, 0.25) is 11.8 Å². The van der Waals surface area contributed by atoms with Crippen LogP contribution in [0.1, 0.15) is 74.0 Å². The number of carbonyl (C=O) groups is 3. The van der Waals surface area contributed by atoms with E-state index in [4.69, 9.17) is 0 Å². The van der Waals surface area contributed by atoms with E-state index in [1.165, 1.54) is 12.0 Å². The molecule has 2 atom stereocenters. The third kappa shape index (κ3) is 5.99. The molecule has 0 bridgehead atoms. The average Bonchev–Trinajstić information content (AvgIpc) is 3.34. The van der Waals surface area contributed by atoms with Gasteiger partial charge in [-0.25, -0.2) is 4.79 Å². The number of likely N-dealkylation sites (N-methyl/N-ethyl adjacent to an activating group) is 1. The summed E-state index contributed by atoms with van der Waals surface area (Å²) in [6, 6.07) is 22.0. The highest BCUT2D eigenvalue weighted by Gasteiger charge is 2.48. The molecule has 4 amide bonds. The summed E-state index contributed by atoms with van der Waals surface area (Å²) < 4.78 is 0. The number of rotatable bonds is 6. The van der Waals surface area contributed by atoms with Crippen molar-refractivity contribution in [2.24, 2.45) is 0 Å². The number of likely N-dealkylation sites (tertiary alicyclic amines) is 1. The third-order valence-electron chi connectivity index (χ3n) is 10.1. The number of nitrogens with one attached hydrogen (secondary N) is 2. The van der Waals surface area contributed by atoms with Gasteiger partial charge in [0, 0.05) is 45.1 Å². The normalized spacial score (nSPS) is 20.4. The van der Waals surface area contributed by atoms with Gasteiger partial charge in [0.25, 0.3) is 0 Å². The van der Waals surface area contributed by atoms with E-state index in [0.29, 0.717) is 19.5 Å². The number of carbonyl (C=O) groups excluding carboxylic acids is 3. The van der Waals surface area contributed by atoms with Crippen molar-refractivity contribution in [2.45, 2.75) is 81.2 Å². The van der Waals surface area contributed by atoms with Crippen LogP contribution < -0.4 is 10.6 Å². The predicted octanol–water partition coefficient (Wildman–Crippen LogP) is 5.52. The zero-order valence-electron chi connectivity index (χ0n) is 25.5. The lowest BCUT2D eigenvalue weighted by atomic mass is 9.73. The second kappa shape index (κ2) is 12.4. The van der Waals surface area contributed by atoms with Gasteiger partial charge in [-0.3, -0.25) is 9.59 Å². The molecule has 0 radical (unpaired) electrons. The van der Waals surface area contributed by atoms with Crippen LogP contribution in [-0.2, 0) is 21.4 Å². The van der Waals surface area contributed by atoms with Crippen molar-refractivity contribution in [2.75, 3.05) is 27.2 Å².